The molecule has 1 atom stereocenters. The van der Waals surface area contributed by atoms with Gasteiger partial charge in [0, 0.05) is 35.9 Å². The lowest BCUT2D eigenvalue weighted by molar-refractivity contribution is -0.137. The maximum atomic E-state index is 14.0. The van der Waals surface area contributed by atoms with Crippen molar-refractivity contribution in [3.8, 4) is 21.7 Å². The molecule has 2 heterocycles. The number of nitrogens with zero attached hydrogens (tertiary/aromatic N) is 2. The van der Waals surface area contributed by atoms with Crippen LogP contribution in [0.25, 0.3) is 32.5 Å². The summed E-state index contributed by atoms with van der Waals surface area (Å²) in [5, 5.41) is 5.91. The van der Waals surface area contributed by atoms with E-state index in [4.69, 9.17) is 10.7 Å². The van der Waals surface area contributed by atoms with Gasteiger partial charge in [-0.25, -0.2) is 9.37 Å². The molecule has 37 heavy (non-hydrogen) atoms. The van der Waals surface area contributed by atoms with Crippen molar-refractivity contribution in [2.45, 2.75) is 18.6 Å². The van der Waals surface area contributed by atoms with Gasteiger partial charge in [-0.1, -0.05) is 47.7 Å². The molecule has 5 rings (SSSR count). The number of thiazole rings is 1. The molecule has 4 nitrogen and oxygen atoms in total. The van der Waals surface area contributed by atoms with Gasteiger partial charge in [-0.05, 0) is 59.3 Å². The largest absolute Gasteiger partial charge is 0.416 e. The number of fused-ring (bicyclic) bond motifs is 1. The van der Waals surface area contributed by atoms with Gasteiger partial charge in [0.05, 0.1) is 16.1 Å². The van der Waals surface area contributed by atoms with Crippen molar-refractivity contribution in [3.63, 3.8) is 0 Å². The van der Waals surface area contributed by atoms with Gasteiger partial charge in [-0.15, -0.1) is 0 Å². The van der Waals surface area contributed by atoms with Crippen molar-refractivity contribution in [3.05, 3.63) is 102 Å². The van der Waals surface area contributed by atoms with Crippen molar-refractivity contribution < 1.29 is 17.6 Å². The Labute approximate surface area is 214 Å². The number of hydrogen-bond donors (Lipinski definition) is 2. The van der Waals surface area contributed by atoms with E-state index in [-0.39, 0.29) is 11.9 Å². The first-order valence-electron chi connectivity index (χ1n) is 11.5. The van der Waals surface area contributed by atoms with Crippen molar-refractivity contribution in [2.24, 2.45) is 5.73 Å². The van der Waals surface area contributed by atoms with Gasteiger partial charge >= 0.3 is 6.18 Å². The number of alkyl halides is 3. The van der Waals surface area contributed by atoms with E-state index >= 15 is 0 Å². The van der Waals surface area contributed by atoms with Crippen LogP contribution in [-0.2, 0) is 12.6 Å². The van der Waals surface area contributed by atoms with Crippen LogP contribution in [0.4, 0.5) is 22.7 Å². The number of anilines is 1. The van der Waals surface area contributed by atoms with E-state index in [0.717, 1.165) is 33.3 Å². The Bertz CT molecular complexity index is 1530. The quantitative estimate of drug-likeness (QED) is 0.223. The number of halogens is 4. The molecule has 2 aromatic heterocycles. The van der Waals surface area contributed by atoms with Crippen LogP contribution < -0.4 is 11.1 Å². The highest BCUT2D eigenvalue weighted by molar-refractivity contribution is 7.19. The fourth-order valence-electron chi connectivity index (χ4n) is 4.07. The fourth-order valence-corrected chi connectivity index (χ4v) is 5.06. The Morgan fingerprint density at radius 1 is 0.919 bits per heavy atom. The van der Waals surface area contributed by atoms with Gasteiger partial charge in [0.15, 0.2) is 5.13 Å². The first-order chi connectivity index (χ1) is 17.8. The lowest BCUT2D eigenvalue weighted by Gasteiger charge is -2.13. The Kier molecular flexibility index (Phi) is 6.90. The molecule has 188 valence electrons. The summed E-state index contributed by atoms with van der Waals surface area (Å²) in [6.07, 6.45) is -0.438. The van der Waals surface area contributed by atoms with E-state index in [0.29, 0.717) is 34.9 Å². The van der Waals surface area contributed by atoms with Crippen LogP contribution in [0.3, 0.4) is 0 Å². The van der Waals surface area contributed by atoms with Crippen LogP contribution in [0.15, 0.2) is 85.2 Å². The molecule has 5 aromatic rings. The average Bonchev–Trinajstić information content (AvgIpc) is 3.31. The maximum Gasteiger partial charge on any atom is 0.416 e. The summed E-state index contributed by atoms with van der Waals surface area (Å²) in [7, 11) is 0. The van der Waals surface area contributed by atoms with E-state index in [1.807, 2.05) is 30.3 Å². The van der Waals surface area contributed by atoms with Gasteiger partial charge in [-0.3, -0.25) is 4.98 Å². The number of pyridine rings is 1. The van der Waals surface area contributed by atoms with Gasteiger partial charge in [0.25, 0.3) is 0 Å². The summed E-state index contributed by atoms with van der Waals surface area (Å²) in [6.45, 7) is 0.361. The number of benzene rings is 3. The molecule has 0 saturated carbocycles. The minimum atomic E-state index is -4.37. The minimum absolute atomic E-state index is 0.352. The van der Waals surface area contributed by atoms with E-state index in [1.165, 1.54) is 35.6 Å². The van der Waals surface area contributed by atoms with Crippen molar-refractivity contribution in [1.82, 2.24) is 9.97 Å². The van der Waals surface area contributed by atoms with Crippen LogP contribution in [-0.4, -0.2) is 22.6 Å². The molecular weight excluding hydrogens is 500 g/mol. The van der Waals surface area contributed by atoms with Gasteiger partial charge < -0.3 is 11.1 Å². The molecular formula is C28H22F4N4S. The predicted molar refractivity (Wildman–Crippen MR) is 140 cm³/mol. The summed E-state index contributed by atoms with van der Waals surface area (Å²) in [5.41, 5.74) is 8.54. The van der Waals surface area contributed by atoms with Crippen LogP contribution in [0, 0.1) is 5.82 Å². The molecule has 0 saturated heterocycles. The first-order valence-corrected chi connectivity index (χ1v) is 12.3. The monoisotopic (exact) mass is 522 g/mol. The lowest BCUT2D eigenvalue weighted by atomic mass is 10.0. The smallest absolute Gasteiger partial charge is 0.360 e. The highest BCUT2D eigenvalue weighted by atomic mass is 32.1. The van der Waals surface area contributed by atoms with E-state index < -0.39 is 11.7 Å². The van der Waals surface area contributed by atoms with Crippen LogP contribution >= 0.6 is 11.3 Å². The molecule has 3 aromatic carbocycles. The standard InChI is InChI=1S/C28H22F4N4S/c29-23-3-1-2-19(14-23)25-26(20-6-7-21-15-34-11-10-18(21)13-20)37-27(36-25)35-16-24(33)12-17-4-8-22(9-5-17)28(30,31)32/h1-11,13-15,24H,12,16,33H2,(H,35,36). The molecule has 3 N–H and O–H groups in total. The third-order valence-corrected chi connectivity index (χ3v) is 6.98. The molecule has 0 bridgehead atoms. The second kappa shape index (κ2) is 10.3. The Balaban J connectivity index is 1.37. The molecule has 0 aliphatic rings. The normalized spacial score (nSPS) is 12.6. The average molecular weight is 523 g/mol. The third-order valence-electron chi connectivity index (χ3n) is 5.92. The summed E-state index contributed by atoms with van der Waals surface area (Å²) in [6, 6.07) is 18.9. The molecule has 0 fully saturated rings. The SMILES string of the molecule is NC(CNc1nc(-c2cccc(F)c2)c(-c2ccc3cnccc3c2)s1)Cc1ccc(C(F)(F)F)cc1. The molecule has 0 aliphatic heterocycles. The molecule has 0 spiro atoms. The maximum absolute atomic E-state index is 14.0. The number of rotatable bonds is 7. The number of hydrogen-bond acceptors (Lipinski definition) is 5. The second-order valence-electron chi connectivity index (χ2n) is 8.68. The summed E-state index contributed by atoms with van der Waals surface area (Å²) in [4.78, 5) is 9.78. The third kappa shape index (κ3) is 5.79. The van der Waals surface area contributed by atoms with E-state index in [1.54, 1.807) is 18.5 Å². The summed E-state index contributed by atoms with van der Waals surface area (Å²) >= 11 is 1.43. The van der Waals surface area contributed by atoms with Crippen molar-refractivity contribution in [1.29, 1.82) is 0 Å². The van der Waals surface area contributed by atoms with Gasteiger partial charge in [0.1, 0.15) is 5.82 Å². The molecule has 9 heteroatoms. The molecule has 0 amide bonds. The highest BCUT2D eigenvalue weighted by Crippen LogP contribution is 2.40. The number of nitrogens with one attached hydrogen (secondary N) is 1. The summed E-state index contributed by atoms with van der Waals surface area (Å²) < 4.78 is 52.4. The molecule has 0 aliphatic carbocycles. The predicted octanol–water partition coefficient (Wildman–Crippen LogP) is 7.17. The topological polar surface area (TPSA) is 63.8 Å². The van der Waals surface area contributed by atoms with Gasteiger partial charge in [0.2, 0.25) is 0 Å². The second-order valence-corrected chi connectivity index (χ2v) is 9.68. The van der Waals surface area contributed by atoms with Crippen molar-refractivity contribution in [2.75, 3.05) is 11.9 Å². The Morgan fingerprint density at radius 3 is 2.49 bits per heavy atom. The summed E-state index contributed by atoms with van der Waals surface area (Å²) in [5.74, 6) is -0.353. The van der Waals surface area contributed by atoms with E-state index in [2.05, 4.69) is 10.3 Å². The van der Waals surface area contributed by atoms with Crippen LogP contribution in [0.1, 0.15) is 11.1 Å². The lowest BCUT2D eigenvalue weighted by Crippen LogP contribution is -2.31. The Hall–Kier alpha value is -3.82. The molecule has 0 radical (unpaired) electrons. The fraction of sp³-hybridized carbons (Fsp3) is 0.143. The zero-order valence-corrected chi connectivity index (χ0v) is 20.3. The van der Waals surface area contributed by atoms with Crippen LogP contribution in [0.2, 0.25) is 0 Å². The number of aromatic nitrogens is 2. The zero-order valence-electron chi connectivity index (χ0n) is 19.5. The highest BCUT2D eigenvalue weighted by Gasteiger charge is 2.30. The van der Waals surface area contributed by atoms with Crippen molar-refractivity contribution >= 4 is 27.2 Å². The van der Waals surface area contributed by atoms with Gasteiger partial charge in [-0.2, -0.15) is 13.2 Å². The van der Waals surface area contributed by atoms with E-state index in [9.17, 15) is 17.6 Å². The zero-order chi connectivity index (χ0) is 26.0. The Morgan fingerprint density at radius 2 is 1.73 bits per heavy atom. The molecule has 1 unspecified atom stereocenters. The van der Waals surface area contributed by atoms with Crippen LogP contribution in [0.5, 0.6) is 0 Å². The first kappa shape index (κ1) is 24.9. The number of nitrogens with two attached hydrogens (primary N) is 1. The minimum Gasteiger partial charge on any atom is -0.360 e.